The summed E-state index contributed by atoms with van der Waals surface area (Å²) < 4.78 is 10.1. The Bertz CT molecular complexity index is 426. The minimum atomic E-state index is -0.886. The number of aliphatic carboxylic acids is 1. The average Bonchev–Trinajstić information content (AvgIpc) is 2.47. The molecule has 0 bridgehead atoms. The zero-order valence-electron chi connectivity index (χ0n) is 14.1. The van der Waals surface area contributed by atoms with Crippen LogP contribution in [0.2, 0.25) is 0 Å². The third-order valence-corrected chi connectivity index (χ3v) is 3.01. The largest absolute Gasteiger partial charge is 0.481 e. The van der Waals surface area contributed by atoms with E-state index in [4.69, 9.17) is 14.6 Å². The van der Waals surface area contributed by atoms with Crippen LogP contribution in [-0.4, -0.2) is 42.0 Å². The quantitative estimate of drug-likeness (QED) is 0.332. The van der Waals surface area contributed by atoms with Crippen LogP contribution in [0.1, 0.15) is 59.3 Å². The Balaban J connectivity index is 3.93. The molecule has 0 aromatic heterocycles. The van der Waals surface area contributed by atoms with E-state index in [0.717, 1.165) is 0 Å². The van der Waals surface area contributed by atoms with Crippen molar-refractivity contribution in [2.45, 2.75) is 59.3 Å². The maximum absolute atomic E-state index is 11.5. The summed E-state index contributed by atoms with van der Waals surface area (Å²) in [5.41, 5.74) is -0.554. The van der Waals surface area contributed by atoms with Gasteiger partial charge in [-0.15, -0.1) is 0 Å². The van der Waals surface area contributed by atoms with E-state index in [1.54, 1.807) is 20.8 Å². The first kappa shape index (κ1) is 21.1. The van der Waals surface area contributed by atoms with Gasteiger partial charge in [-0.05, 0) is 12.8 Å². The van der Waals surface area contributed by atoms with Crippen LogP contribution in [0, 0.1) is 5.41 Å². The second-order valence-electron chi connectivity index (χ2n) is 6.16. The molecule has 0 aromatic rings. The minimum absolute atomic E-state index is 0.0329. The Hall–Kier alpha value is -1.92. The molecule has 132 valence electrons. The van der Waals surface area contributed by atoms with Gasteiger partial charge in [0.15, 0.2) is 0 Å². The third kappa shape index (κ3) is 12.3. The fourth-order valence-corrected chi connectivity index (χ4v) is 1.55. The Labute approximate surface area is 136 Å². The highest BCUT2D eigenvalue weighted by Crippen LogP contribution is 2.17. The number of esters is 2. The number of carboxylic acid groups (broad SMARTS) is 1. The lowest BCUT2D eigenvalue weighted by Gasteiger charge is -2.23. The topological polar surface area (TPSA) is 107 Å². The normalized spacial score (nSPS) is 10.9. The highest BCUT2D eigenvalue weighted by atomic mass is 16.5. The van der Waals surface area contributed by atoms with Gasteiger partial charge in [0.25, 0.3) is 0 Å². The Kier molecular flexibility index (Phi) is 9.85. The van der Waals surface area contributed by atoms with Crippen LogP contribution in [0.15, 0.2) is 0 Å². The summed E-state index contributed by atoms with van der Waals surface area (Å²) in [6, 6.07) is 0. The van der Waals surface area contributed by atoms with Gasteiger partial charge >= 0.3 is 17.9 Å². The van der Waals surface area contributed by atoms with Crippen molar-refractivity contribution in [2.75, 3.05) is 13.2 Å². The average molecular weight is 330 g/mol. The first-order valence-corrected chi connectivity index (χ1v) is 7.71. The molecule has 7 heteroatoms. The second kappa shape index (κ2) is 10.7. The SMILES string of the molecule is CCC(=O)CC(=O)OCC(C)(C)COC(=O)CCCCC(=O)O. The highest BCUT2D eigenvalue weighted by Gasteiger charge is 2.23. The molecule has 0 unspecified atom stereocenters. The highest BCUT2D eigenvalue weighted by molar-refractivity contribution is 5.95. The molecular formula is C16H26O7. The van der Waals surface area contributed by atoms with E-state index in [2.05, 4.69) is 0 Å². The van der Waals surface area contributed by atoms with Crippen molar-refractivity contribution in [1.82, 2.24) is 0 Å². The molecular weight excluding hydrogens is 304 g/mol. The molecule has 23 heavy (non-hydrogen) atoms. The number of hydrogen-bond donors (Lipinski definition) is 1. The molecule has 0 saturated carbocycles. The number of rotatable bonds is 12. The standard InChI is InChI=1S/C16H26O7/c1-4-12(17)9-15(21)23-11-16(2,3)10-22-14(20)8-6-5-7-13(18)19/h4-11H2,1-3H3,(H,18,19). The summed E-state index contributed by atoms with van der Waals surface area (Å²) in [5, 5.41) is 8.48. The maximum Gasteiger partial charge on any atom is 0.313 e. The van der Waals surface area contributed by atoms with Crippen molar-refractivity contribution in [3.63, 3.8) is 0 Å². The van der Waals surface area contributed by atoms with Crippen LogP contribution in [0.25, 0.3) is 0 Å². The number of unbranched alkanes of at least 4 members (excludes halogenated alkanes) is 1. The van der Waals surface area contributed by atoms with Gasteiger partial charge in [-0.2, -0.15) is 0 Å². The van der Waals surface area contributed by atoms with Crippen molar-refractivity contribution in [1.29, 1.82) is 0 Å². The van der Waals surface area contributed by atoms with Crippen LogP contribution in [0.5, 0.6) is 0 Å². The lowest BCUT2D eigenvalue weighted by atomic mass is 9.96. The van der Waals surface area contributed by atoms with Gasteiger partial charge in [0.05, 0.1) is 13.2 Å². The molecule has 0 aliphatic rings. The summed E-state index contributed by atoms with van der Waals surface area (Å²) in [6.45, 7) is 5.36. The first-order chi connectivity index (χ1) is 10.7. The first-order valence-electron chi connectivity index (χ1n) is 7.71. The molecule has 0 aromatic carbocycles. The second-order valence-corrected chi connectivity index (χ2v) is 6.16. The molecule has 0 radical (unpaired) electrons. The Morgan fingerprint density at radius 2 is 1.43 bits per heavy atom. The molecule has 0 atom stereocenters. The van der Waals surface area contributed by atoms with Crippen molar-refractivity contribution in [3.05, 3.63) is 0 Å². The lowest BCUT2D eigenvalue weighted by Crippen LogP contribution is -2.29. The van der Waals surface area contributed by atoms with E-state index in [1.165, 1.54) is 0 Å². The van der Waals surface area contributed by atoms with E-state index < -0.39 is 23.3 Å². The maximum atomic E-state index is 11.5. The molecule has 0 spiro atoms. The minimum Gasteiger partial charge on any atom is -0.481 e. The van der Waals surface area contributed by atoms with E-state index in [0.29, 0.717) is 12.8 Å². The number of carbonyl (C=O) groups excluding carboxylic acids is 3. The fraction of sp³-hybridized carbons (Fsp3) is 0.750. The third-order valence-electron chi connectivity index (χ3n) is 3.01. The molecule has 0 rings (SSSR count). The fourth-order valence-electron chi connectivity index (χ4n) is 1.55. The van der Waals surface area contributed by atoms with Crippen LogP contribution < -0.4 is 0 Å². The molecule has 0 aliphatic heterocycles. The van der Waals surface area contributed by atoms with Crippen molar-refractivity contribution < 1.29 is 33.8 Å². The van der Waals surface area contributed by atoms with Gasteiger partial charge in [-0.3, -0.25) is 19.2 Å². The molecule has 7 nitrogen and oxygen atoms in total. The summed E-state index contributed by atoms with van der Waals surface area (Å²) in [6.07, 6.45) is 1.13. The number of hydrogen-bond acceptors (Lipinski definition) is 6. The number of carbonyl (C=O) groups is 4. The van der Waals surface area contributed by atoms with Crippen molar-refractivity contribution in [2.24, 2.45) is 5.41 Å². The van der Waals surface area contributed by atoms with Gasteiger partial charge in [0.2, 0.25) is 0 Å². The predicted octanol–water partition coefficient (Wildman–Crippen LogP) is 2.11. The predicted molar refractivity (Wildman–Crippen MR) is 81.7 cm³/mol. The Morgan fingerprint density at radius 1 is 0.913 bits per heavy atom. The molecule has 0 aliphatic carbocycles. The number of ketones is 1. The van der Waals surface area contributed by atoms with Crippen LogP contribution in [0.3, 0.4) is 0 Å². The monoisotopic (exact) mass is 330 g/mol. The lowest BCUT2D eigenvalue weighted by molar-refractivity contribution is -0.153. The Morgan fingerprint density at radius 3 is 1.96 bits per heavy atom. The molecule has 0 fully saturated rings. The van der Waals surface area contributed by atoms with E-state index in [-0.39, 0.29) is 44.7 Å². The van der Waals surface area contributed by atoms with Gasteiger partial charge in [-0.25, -0.2) is 0 Å². The van der Waals surface area contributed by atoms with Crippen molar-refractivity contribution >= 4 is 23.7 Å². The summed E-state index contributed by atoms with van der Waals surface area (Å²) in [5.74, 6) is -2.05. The summed E-state index contributed by atoms with van der Waals surface area (Å²) in [7, 11) is 0. The molecule has 0 heterocycles. The zero-order chi connectivity index (χ0) is 17.9. The molecule has 0 amide bonds. The van der Waals surface area contributed by atoms with Gasteiger partial charge in [0, 0.05) is 24.7 Å². The van der Waals surface area contributed by atoms with Gasteiger partial charge in [-0.1, -0.05) is 20.8 Å². The smallest absolute Gasteiger partial charge is 0.313 e. The van der Waals surface area contributed by atoms with Crippen molar-refractivity contribution in [3.8, 4) is 0 Å². The van der Waals surface area contributed by atoms with Gasteiger partial charge in [0.1, 0.15) is 12.2 Å². The molecule has 1 N–H and O–H groups in total. The zero-order valence-corrected chi connectivity index (χ0v) is 14.1. The summed E-state index contributed by atoms with van der Waals surface area (Å²) >= 11 is 0. The molecule has 0 saturated heterocycles. The van der Waals surface area contributed by atoms with Crippen LogP contribution >= 0.6 is 0 Å². The van der Waals surface area contributed by atoms with Crippen LogP contribution in [0.4, 0.5) is 0 Å². The van der Waals surface area contributed by atoms with E-state index in [1.807, 2.05) is 0 Å². The summed E-state index contributed by atoms with van der Waals surface area (Å²) in [4.78, 5) is 44.4. The number of carboxylic acids is 1. The number of Topliss-reactive ketones (excluding diaryl/α,β-unsaturated/α-hetero) is 1. The number of ether oxygens (including phenoxy) is 2. The van der Waals surface area contributed by atoms with E-state index in [9.17, 15) is 19.2 Å². The van der Waals surface area contributed by atoms with Crippen LogP contribution in [-0.2, 0) is 28.7 Å². The van der Waals surface area contributed by atoms with Gasteiger partial charge < -0.3 is 14.6 Å². The van der Waals surface area contributed by atoms with E-state index >= 15 is 0 Å².